The molecule has 1 aromatic heterocycles. The number of carbonyl (C=O) groups excluding carboxylic acids is 1. The third-order valence-corrected chi connectivity index (χ3v) is 5.98. The van der Waals surface area contributed by atoms with E-state index in [1.165, 1.54) is 89.9 Å². The van der Waals surface area contributed by atoms with Crippen LogP contribution in [0.25, 0.3) is 0 Å². The van der Waals surface area contributed by atoms with Gasteiger partial charge >= 0.3 is 12.2 Å². The summed E-state index contributed by atoms with van der Waals surface area (Å²) in [4.78, 5) is 11.2. The summed E-state index contributed by atoms with van der Waals surface area (Å²) in [5, 5.41) is 0. The van der Waals surface area contributed by atoms with Crippen molar-refractivity contribution < 1.29 is 14.1 Å². The molecule has 1 saturated carbocycles. The Hall–Kier alpha value is -1.64. The van der Waals surface area contributed by atoms with Crippen LogP contribution in [0.4, 0.5) is 0 Å². The molecule has 0 spiro atoms. The number of aromatic nitrogens is 1. The van der Waals surface area contributed by atoms with Gasteiger partial charge in [0.2, 0.25) is 0 Å². The highest BCUT2D eigenvalue weighted by Gasteiger charge is 2.17. The Bertz CT molecular complexity index is 565. The minimum atomic E-state index is -0.367. The number of rotatable bonds is 14. The van der Waals surface area contributed by atoms with Gasteiger partial charge in [0, 0.05) is 24.6 Å². The van der Waals surface area contributed by atoms with Crippen LogP contribution in [-0.4, -0.2) is 5.97 Å². The van der Waals surface area contributed by atoms with Crippen molar-refractivity contribution in [1.82, 2.24) is 0 Å². The molecule has 0 bridgehead atoms. The van der Waals surface area contributed by atoms with E-state index in [-0.39, 0.29) is 12.2 Å². The first kappa shape index (κ1) is 26.4. The quantitative estimate of drug-likeness (QED) is 0.134. The zero-order chi connectivity index (χ0) is 22.0. The van der Waals surface area contributed by atoms with Crippen molar-refractivity contribution in [3.05, 3.63) is 42.7 Å². The Kier molecular flexibility index (Phi) is 15.0. The minimum Gasteiger partial charge on any atom is -0.399 e. The molecule has 0 aromatic carbocycles. The molecular formula is C27H46NO2+. The van der Waals surface area contributed by atoms with Crippen LogP contribution in [0.15, 0.2) is 42.7 Å². The Morgan fingerprint density at radius 1 is 0.967 bits per heavy atom. The maximum atomic E-state index is 11.2. The van der Waals surface area contributed by atoms with E-state index in [4.69, 9.17) is 4.74 Å². The average molecular weight is 417 g/mol. The smallest absolute Gasteiger partial charge is 0.338 e. The maximum Gasteiger partial charge on any atom is 0.338 e. The number of hydrogen-bond acceptors (Lipinski definition) is 2. The number of pyridine rings is 1. The molecule has 1 heterocycles. The predicted molar refractivity (Wildman–Crippen MR) is 126 cm³/mol. The first-order chi connectivity index (χ1) is 14.5. The van der Waals surface area contributed by atoms with Crippen LogP contribution in [0.3, 0.4) is 0 Å². The summed E-state index contributed by atoms with van der Waals surface area (Å²) in [6, 6.07) is 5.67. The molecule has 3 nitrogen and oxygen atoms in total. The standard InChI is InChI=1S/C16H32.C11H14NO2/c1-2-3-4-5-6-7-8-9-10-11-13-16-14-12-15-16;1-9(2)11(13)14-10(3)12-7-5-4-6-8-12/h16H,2-15H2,1H3;4-8,10H,1H2,2-3H3/q;+1. The second-order valence-electron chi connectivity index (χ2n) is 8.88. The molecule has 0 N–H and O–H groups in total. The highest BCUT2D eigenvalue weighted by Crippen LogP contribution is 2.31. The van der Waals surface area contributed by atoms with Gasteiger partial charge in [-0.05, 0) is 12.8 Å². The van der Waals surface area contributed by atoms with Gasteiger partial charge in [-0.3, -0.25) is 0 Å². The van der Waals surface area contributed by atoms with E-state index in [2.05, 4.69) is 13.5 Å². The monoisotopic (exact) mass is 416 g/mol. The van der Waals surface area contributed by atoms with Gasteiger partial charge in [0.05, 0.1) is 0 Å². The summed E-state index contributed by atoms with van der Waals surface area (Å²) in [6.45, 7) is 9.25. The molecular weight excluding hydrogens is 370 g/mol. The summed E-state index contributed by atoms with van der Waals surface area (Å²) in [6.07, 6.45) is 24.3. The largest absolute Gasteiger partial charge is 0.399 e. The van der Waals surface area contributed by atoms with Gasteiger partial charge in [-0.25, -0.2) is 4.79 Å². The lowest BCUT2D eigenvalue weighted by molar-refractivity contribution is -0.753. The lowest BCUT2D eigenvalue weighted by Crippen LogP contribution is -2.39. The normalized spacial score (nSPS) is 14.2. The van der Waals surface area contributed by atoms with Crippen molar-refractivity contribution in [3.8, 4) is 0 Å². The Morgan fingerprint density at radius 3 is 1.97 bits per heavy atom. The fourth-order valence-electron chi connectivity index (χ4n) is 3.67. The van der Waals surface area contributed by atoms with Crippen molar-refractivity contribution in [1.29, 1.82) is 0 Å². The lowest BCUT2D eigenvalue weighted by atomic mass is 9.81. The molecule has 3 heteroatoms. The third-order valence-electron chi connectivity index (χ3n) is 5.98. The van der Waals surface area contributed by atoms with E-state index >= 15 is 0 Å². The van der Waals surface area contributed by atoms with Crippen molar-refractivity contribution in [2.75, 3.05) is 0 Å². The zero-order valence-electron chi connectivity index (χ0n) is 19.9. The lowest BCUT2D eigenvalue weighted by Gasteiger charge is -2.24. The third kappa shape index (κ3) is 12.8. The number of hydrogen-bond donors (Lipinski definition) is 0. The Balaban J connectivity index is 0.000000303. The topological polar surface area (TPSA) is 30.2 Å². The SMILES string of the molecule is C=C(C)C(=O)OC(C)[n+]1ccccc1.CCCCCCCCCCCCC1CCC1. The van der Waals surface area contributed by atoms with Crippen LogP contribution in [0, 0.1) is 5.92 Å². The van der Waals surface area contributed by atoms with E-state index in [1.807, 2.05) is 30.6 Å². The fourth-order valence-corrected chi connectivity index (χ4v) is 3.67. The van der Waals surface area contributed by atoms with Gasteiger partial charge < -0.3 is 4.74 Å². The van der Waals surface area contributed by atoms with Gasteiger partial charge in [0.1, 0.15) is 0 Å². The van der Waals surface area contributed by atoms with Crippen LogP contribution < -0.4 is 4.57 Å². The molecule has 0 saturated heterocycles. The molecule has 1 aromatic rings. The first-order valence-corrected chi connectivity index (χ1v) is 12.4. The molecule has 1 atom stereocenters. The number of unbranched alkanes of at least 4 members (excludes halogenated alkanes) is 9. The van der Waals surface area contributed by atoms with Crippen molar-refractivity contribution in [2.45, 2.75) is 117 Å². The molecule has 0 radical (unpaired) electrons. The van der Waals surface area contributed by atoms with Crippen molar-refractivity contribution in [3.63, 3.8) is 0 Å². The van der Waals surface area contributed by atoms with Crippen LogP contribution in [-0.2, 0) is 9.53 Å². The molecule has 1 unspecified atom stereocenters. The van der Waals surface area contributed by atoms with Gasteiger partial charge in [0.25, 0.3) is 0 Å². The molecule has 0 aliphatic heterocycles. The van der Waals surface area contributed by atoms with Gasteiger partial charge in [-0.1, -0.05) is 109 Å². The molecule has 170 valence electrons. The predicted octanol–water partition coefficient (Wildman–Crippen LogP) is 7.71. The minimum absolute atomic E-state index is 0.305. The van der Waals surface area contributed by atoms with E-state index < -0.39 is 0 Å². The highest BCUT2D eigenvalue weighted by molar-refractivity contribution is 5.86. The zero-order valence-corrected chi connectivity index (χ0v) is 19.9. The second-order valence-corrected chi connectivity index (χ2v) is 8.88. The van der Waals surface area contributed by atoms with Crippen molar-refractivity contribution >= 4 is 5.97 Å². The fraction of sp³-hybridized carbons (Fsp3) is 0.704. The van der Waals surface area contributed by atoms with Crippen LogP contribution in [0.1, 0.15) is 117 Å². The molecule has 0 amide bonds. The number of carbonyl (C=O) groups is 1. The van der Waals surface area contributed by atoms with Gasteiger partial charge in [0.15, 0.2) is 12.4 Å². The summed E-state index contributed by atoms with van der Waals surface area (Å²) in [7, 11) is 0. The van der Waals surface area contributed by atoms with Crippen LogP contribution in [0.5, 0.6) is 0 Å². The van der Waals surface area contributed by atoms with E-state index in [1.54, 1.807) is 18.4 Å². The Morgan fingerprint density at radius 2 is 1.50 bits per heavy atom. The number of ether oxygens (including phenoxy) is 1. The van der Waals surface area contributed by atoms with Crippen molar-refractivity contribution in [2.24, 2.45) is 5.92 Å². The number of nitrogens with zero attached hydrogens (tertiary/aromatic N) is 1. The molecule has 30 heavy (non-hydrogen) atoms. The van der Waals surface area contributed by atoms with Gasteiger partial charge in [-0.2, -0.15) is 4.57 Å². The van der Waals surface area contributed by atoms with E-state index in [9.17, 15) is 4.79 Å². The van der Waals surface area contributed by atoms with Crippen LogP contribution in [0.2, 0.25) is 0 Å². The summed E-state index contributed by atoms with van der Waals surface area (Å²) >= 11 is 0. The highest BCUT2D eigenvalue weighted by atomic mass is 16.6. The molecule has 1 aliphatic carbocycles. The summed E-state index contributed by atoms with van der Waals surface area (Å²) in [5.74, 6) is 0.767. The second kappa shape index (κ2) is 17.1. The maximum absolute atomic E-state index is 11.2. The molecule has 2 rings (SSSR count). The molecule has 1 aliphatic rings. The molecule has 1 fully saturated rings. The van der Waals surface area contributed by atoms with Crippen LogP contribution >= 0.6 is 0 Å². The van der Waals surface area contributed by atoms with Gasteiger partial charge in [-0.15, -0.1) is 0 Å². The average Bonchev–Trinajstić information content (AvgIpc) is 2.71. The van der Waals surface area contributed by atoms with E-state index in [0.29, 0.717) is 5.57 Å². The summed E-state index contributed by atoms with van der Waals surface area (Å²) in [5.41, 5.74) is 0.411. The first-order valence-electron chi connectivity index (χ1n) is 12.4. The summed E-state index contributed by atoms with van der Waals surface area (Å²) < 4.78 is 6.93. The van der Waals surface area contributed by atoms with E-state index in [0.717, 1.165) is 5.92 Å². The Labute approximate surface area is 185 Å². The number of esters is 1.